The summed E-state index contributed by atoms with van der Waals surface area (Å²) in [5, 5.41) is 0. The predicted molar refractivity (Wildman–Crippen MR) is 116 cm³/mol. The summed E-state index contributed by atoms with van der Waals surface area (Å²) in [6, 6.07) is 16.4. The van der Waals surface area contributed by atoms with Crippen LogP contribution in [0.15, 0.2) is 54.6 Å². The lowest BCUT2D eigenvalue weighted by atomic mass is 9.97. The maximum absolute atomic E-state index is 12.3. The number of nitrogens with one attached hydrogen (secondary N) is 2. The minimum Gasteiger partial charge on any atom is -0.455 e. The second-order valence-corrected chi connectivity index (χ2v) is 6.70. The van der Waals surface area contributed by atoms with E-state index in [2.05, 4.69) is 29.6 Å². The van der Waals surface area contributed by atoms with E-state index in [1.807, 2.05) is 49.4 Å². The van der Waals surface area contributed by atoms with Crippen molar-refractivity contribution in [1.82, 2.24) is 10.9 Å². The van der Waals surface area contributed by atoms with Crippen LogP contribution in [0.2, 0.25) is 0 Å². The smallest absolute Gasteiger partial charge is 0.313 e. The number of carbonyl (C=O) groups excluding carboxylic acids is 3. The molecule has 0 aliphatic carbocycles. The highest BCUT2D eigenvalue weighted by Gasteiger charge is 2.21. The van der Waals surface area contributed by atoms with Gasteiger partial charge in [0.05, 0.1) is 5.92 Å². The van der Waals surface area contributed by atoms with Crippen molar-refractivity contribution in [3.8, 4) is 0 Å². The second kappa shape index (κ2) is 11.6. The van der Waals surface area contributed by atoms with Gasteiger partial charge in [0.2, 0.25) is 0 Å². The lowest BCUT2D eigenvalue weighted by Crippen LogP contribution is -2.43. The molecule has 30 heavy (non-hydrogen) atoms. The Kier molecular flexibility index (Phi) is 8.87. The topological polar surface area (TPSA) is 87.7 Å². The molecule has 0 bridgehead atoms. The predicted octanol–water partition coefficient (Wildman–Crippen LogP) is 3.03. The molecule has 7 heteroatoms. The molecule has 2 aromatic carbocycles. The zero-order chi connectivity index (χ0) is 21.9. The molecule has 7 nitrogen and oxygen atoms in total. The zero-order valence-corrected chi connectivity index (χ0v) is 17.7. The molecule has 0 radical (unpaired) electrons. The summed E-state index contributed by atoms with van der Waals surface area (Å²) in [4.78, 5) is 38.6. The van der Waals surface area contributed by atoms with Crippen LogP contribution in [0.5, 0.6) is 0 Å². The Morgan fingerprint density at radius 3 is 2.10 bits per heavy atom. The van der Waals surface area contributed by atoms with E-state index in [4.69, 9.17) is 4.74 Å². The average Bonchev–Trinajstić information content (AvgIpc) is 2.78. The molecular weight excluding hydrogens is 382 g/mol. The summed E-state index contributed by atoms with van der Waals surface area (Å²) in [5.74, 6) is -1.97. The van der Waals surface area contributed by atoms with Gasteiger partial charge in [-0.3, -0.25) is 25.2 Å². The highest BCUT2D eigenvalue weighted by Crippen LogP contribution is 2.20. The Labute approximate surface area is 177 Å². The number of hydrogen-bond acceptors (Lipinski definition) is 5. The Morgan fingerprint density at radius 1 is 0.900 bits per heavy atom. The highest BCUT2D eigenvalue weighted by molar-refractivity contribution is 5.96. The van der Waals surface area contributed by atoms with Crippen molar-refractivity contribution in [1.29, 1.82) is 0 Å². The van der Waals surface area contributed by atoms with Gasteiger partial charge >= 0.3 is 5.97 Å². The molecule has 0 heterocycles. The number of rotatable bonds is 9. The fourth-order valence-corrected chi connectivity index (χ4v) is 3.11. The summed E-state index contributed by atoms with van der Waals surface area (Å²) in [6.45, 7) is 7.29. The molecule has 0 aromatic heterocycles. The molecule has 0 aliphatic heterocycles. The van der Waals surface area contributed by atoms with Crippen LogP contribution in [0.4, 0.5) is 5.69 Å². The van der Waals surface area contributed by atoms with Gasteiger partial charge in [0.15, 0.2) is 6.61 Å². The number of nitrogens with zero attached hydrogens (tertiary/aromatic N) is 1. The summed E-state index contributed by atoms with van der Waals surface area (Å²) in [5.41, 5.74) is 6.88. The quantitative estimate of drug-likeness (QED) is 0.489. The van der Waals surface area contributed by atoms with Gasteiger partial charge in [0, 0.05) is 24.3 Å². The molecule has 0 unspecified atom stereocenters. The van der Waals surface area contributed by atoms with E-state index in [-0.39, 0.29) is 0 Å². The second-order valence-electron chi connectivity index (χ2n) is 6.70. The van der Waals surface area contributed by atoms with E-state index in [9.17, 15) is 14.4 Å². The summed E-state index contributed by atoms with van der Waals surface area (Å²) in [7, 11) is 0. The van der Waals surface area contributed by atoms with Crippen LogP contribution in [0.25, 0.3) is 0 Å². The Morgan fingerprint density at radius 2 is 1.53 bits per heavy atom. The highest BCUT2D eigenvalue weighted by atomic mass is 16.5. The fourth-order valence-electron chi connectivity index (χ4n) is 3.11. The molecule has 2 rings (SSSR count). The number of esters is 1. The van der Waals surface area contributed by atoms with Crippen molar-refractivity contribution in [2.45, 2.75) is 33.1 Å². The first-order chi connectivity index (χ1) is 14.5. The van der Waals surface area contributed by atoms with Crippen molar-refractivity contribution in [2.24, 2.45) is 0 Å². The number of ether oxygens (including phenoxy) is 1. The van der Waals surface area contributed by atoms with Crippen molar-refractivity contribution >= 4 is 23.5 Å². The van der Waals surface area contributed by atoms with Crippen molar-refractivity contribution in [3.05, 3.63) is 65.7 Å². The fraction of sp³-hybridized carbons (Fsp3) is 0.348. The first-order valence-corrected chi connectivity index (χ1v) is 10.2. The molecule has 0 spiro atoms. The largest absolute Gasteiger partial charge is 0.455 e. The summed E-state index contributed by atoms with van der Waals surface area (Å²) >= 11 is 0. The summed E-state index contributed by atoms with van der Waals surface area (Å²) in [6.07, 6.45) is 0.560. The monoisotopic (exact) mass is 411 g/mol. The van der Waals surface area contributed by atoms with Crippen LogP contribution < -0.4 is 15.8 Å². The maximum Gasteiger partial charge on any atom is 0.313 e. The molecule has 160 valence electrons. The van der Waals surface area contributed by atoms with E-state index in [1.165, 1.54) is 0 Å². The maximum atomic E-state index is 12.3. The van der Waals surface area contributed by atoms with E-state index in [0.717, 1.165) is 24.3 Å². The van der Waals surface area contributed by atoms with Gasteiger partial charge in [0.25, 0.3) is 11.8 Å². The molecule has 2 aromatic rings. The third kappa shape index (κ3) is 6.34. The van der Waals surface area contributed by atoms with Gasteiger partial charge in [-0.15, -0.1) is 0 Å². The van der Waals surface area contributed by atoms with Gasteiger partial charge in [-0.25, -0.2) is 0 Å². The van der Waals surface area contributed by atoms with Gasteiger partial charge < -0.3 is 9.64 Å². The standard InChI is InChI=1S/C23H29N3O4/c1-4-20(17-10-8-7-9-11-17)23(29)30-16-21(27)24-25-22(28)18-12-14-19(15-13-18)26(5-2)6-3/h7-15,20H,4-6,16H2,1-3H3,(H,24,27)(H,25,28)/t20-/m1/s1. The lowest BCUT2D eigenvalue weighted by Gasteiger charge is -2.21. The van der Waals surface area contributed by atoms with Crippen LogP contribution >= 0.6 is 0 Å². The molecule has 2 amide bonds. The number of hydrogen-bond donors (Lipinski definition) is 2. The Hall–Kier alpha value is -3.35. The first-order valence-electron chi connectivity index (χ1n) is 10.2. The van der Waals surface area contributed by atoms with Gasteiger partial charge in [-0.1, -0.05) is 37.3 Å². The number of amides is 2. The van der Waals surface area contributed by atoms with Crippen LogP contribution in [-0.4, -0.2) is 37.5 Å². The number of benzene rings is 2. The number of hydrazine groups is 1. The van der Waals surface area contributed by atoms with Gasteiger partial charge in [-0.05, 0) is 50.1 Å². The molecule has 0 saturated carbocycles. The van der Waals surface area contributed by atoms with E-state index < -0.39 is 30.3 Å². The zero-order valence-electron chi connectivity index (χ0n) is 17.7. The normalized spacial score (nSPS) is 11.3. The molecular formula is C23H29N3O4. The third-order valence-electron chi connectivity index (χ3n) is 4.81. The third-order valence-corrected chi connectivity index (χ3v) is 4.81. The van der Waals surface area contributed by atoms with Gasteiger partial charge in [-0.2, -0.15) is 0 Å². The first kappa shape index (κ1) is 22.9. The molecule has 0 fully saturated rings. The van der Waals surface area contributed by atoms with Crippen LogP contribution in [-0.2, 0) is 14.3 Å². The van der Waals surface area contributed by atoms with E-state index in [0.29, 0.717) is 12.0 Å². The molecule has 1 atom stereocenters. The summed E-state index contributed by atoms with van der Waals surface area (Å²) < 4.78 is 5.11. The number of anilines is 1. The lowest BCUT2D eigenvalue weighted by molar-refractivity contribution is -0.150. The van der Waals surface area contributed by atoms with Crippen LogP contribution in [0.3, 0.4) is 0 Å². The SMILES string of the molecule is CC[C@@H](C(=O)OCC(=O)NNC(=O)c1ccc(N(CC)CC)cc1)c1ccccc1. The van der Waals surface area contributed by atoms with Crippen LogP contribution in [0, 0.1) is 0 Å². The minimum absolute atomic E-state index is 0.415. The molecule has 0 aliphatic rings. The van der Waals surface area contributed by atoms with Crippen molar-refractivity contribution in [2.75, 3.05) is 24.6 Å². The van der Waals surface area contributed by atoms with Crippen LogP contribution in [0.1, 0.15) is 49.0 Å². The Balaban J connectivity index is 1.81. The average molecular weight is 412 g/mol. The van der Waals surface area contributed by atoms with Crippen molar-refractivity contribution in [3.63, 3.8) is 0 Å². The van der Waals surface area contributed by atoms with Crippen molar-refractivity contribution < 1.29 is 19.1 Å². The van der Waals surface area contributed by atoms with E-state index >= 15 is 0 Å². The Bertz CT molecular complexity index is 833. The van der Waals surface area contributed by atoms with Gasteiger partial charge in [0.1, 0.15) is 0 Å². The minimum atomic E-state index is -0.612. The van der Waals surface area contributed by atoms with E-state index in [1.54, 1.807) is 12.1 Å². The molecule has 0 saturated heterocycles. The molecule has 2 N–H and O–H groups in total. The number of carbonyl (C=O) groups is 3.